The second-order valence-electron chi connectivity index (χ2n) is 7.51. The highest BCUT2D eigenvalue weighted by Crippen LogP contribution is 2.25. The minimum absolute atomic E-state index is 0.0159. The number of aromatic nitrogens is 3. The van der Waals surface area contributed by atoms with E-state index in [2.05, 4.69) is 15.4 Å². The summed E-state index contributed by atoms with van der Waals surface area (Å²) in [5, 5.41) is 18.6. The Morgan fingerprint density at radius 2 is 2.18 bits per heavy atom. The molecule has 0 spiro atoms. The van der Waals surface area contributed by atoms with E-state index in [4.69, 9.17) is 4.74 Å². The summed E-state index contributed by atoms with van der Waals surface area (Å²) in [6.45, 7) is 6.35. The Balaban J connectivity index is 1.80. The van der Waals surface area contributed by atoms with Crippen molar-refractivity contribution in [2.75, 3.05) is 24.7 Å². The maximum atomic E-state index is 12.2. The fourth-order valence-electron chi connectivity index (χ4n) is 2.91. The summed E-state index contributed by atoms with van der Waals surface area (Å²) in [6, 6.07) is 1.44. The lowest BCUT2D eigenvalue weighted by atomic mass is 10.2. The molecule has 0 aliphatic carbocycles. The Morgan fingerprint density at radius 1 is 1.46 bits per heavy atom. The number of likely N-dealkylation sites (tertiary alicyclic amines) is 1. The van der Waals surface area contributed by atoms with Crippen LogP contribution in [0.15, 0.2) is 17.3 Å². The predicted molar refractivity (Wildman–Crippen MR) is 102 cm³/mol. The van der Waals surface area contributed by atoms with Crippen molar-refractivity contribution in [1.29, 1.82) is 0 Å². The summed E-state index contributed by atoms with van der Waals surface area (Å²) in [4.78, 5) is 28.7. The van der Waals surface area contributed by atoms with Crippen LogP contribution in [0.3, 0.4) is 0 Å². The Kier molecular flexibility index (Phi) is 5.35. The molecular formula is C16H22N6O5S. The minimum atomic E-state index is -1.43. The van der Waals surface area contributed by atoms with Gasteiger partial charge in [-0.15, -0.1) is 0 Å². The first-order valence-electron chi connectivity index (χ1n) is 8.66. The summed E-state index contributed by atoms with van der Waals surface area (Å²) in [5.74, 6) is 0.345. The van der Waals surface area contributed by atoms with E-state index in [1.54, 1.807) is 31.7 Å². The van der Waals surface area contributed by atoms with Crippen LogP contribution in [0.4, 0.5) is 16.3 Å². The number of carbonyl (C=O) groups is 1. The number of hydrogen-bond donors (Lipinski definition) is 1. The monoisotopic (exact) mass is 410 g/mol. The fourth-order valence-corrected chi connectivity index (χ4v) is 3.57. The van der Waals surface area contributed by atoms with Crippen LogP contribution in [0, 0.1) is 10.1 Å². The third-order valence-electron chi connectivity index (χ3n) is 4.10. The molecule has 152 valence electrons. The molecule has 1 fully saturated rings. The van der Waals surface area contributed by atoms with Gasteiger partial charge in [-0.2, -0.15) is 9.61 Å². The molecule has 1 aliphatic heterocycles. The van der Waals surface area contributed by atoms with Gasteiger partial charge in [-0.3, -0.25) is 10.1 Å². The van der Waals surface area contributed by atoms with Gasteiger partial charge in [-0.1, -0.05) is 0 Å². The molecule has 11 nitrogen and oxygen atoms in total. The van der Waals surface area contributed by atoms with Crippen molar-refractivity contribution in [2.45, 2.75) is 43.9 Å². The molecular weight excluding hydrogens is 388 g/mol. The molecule has 0 bridgehead atoms. The molecule has 2 aromatic heterocycles. The van der Waals surface area contributed by atoms with E-state index < -0.39 is 21.7 Å². The van der Waals surface area contributed by atoms with Gasteiger partial charge in [0.05, 0.1) is 11.0 Å². The largest absolute Gasteiger partial charge is 0.610 e. The summed E-state index contributed by atoms with van der Waals surface area (Å²) >= 11 is -1.43. The number of carbonyl (C=O) groups excluding carboxylic acids is 1. The van der Waals surface area contributed by atoms with Crippen molar-refractivity contribution in [3.05, 3.63) is 22.4 Å². The first-order valence-corrected chi connectivity index (χ1v) is 10.2. The normalized spacial score (nSPS) is 18.3. The molecule has 2 aromatic rings. The molecule has 12 heteroatoms. The third-order valence-corrected chi connectivity index (χ3v) is 4.98. The lowest BCUT2D eigenvalue weighted by molar-refractivity contribution is -0.383. The first kappa shape index (κ1) is 20.1. The number of ether oxygens (including phenoxy) is 1. The number of nitrogens with one attached hydrogen (secondary N) is 1. The van der Waals surface area contributed by atoms with Gasteiger partial charge in [0.2, 0.25) is 5.65 Å². The van der Waals surface area contributed by atoms with Crippen molar-refractivity contribution in [1.82, 2.24) is 19.5 Å². The van der Waals surface area contributed by atoms with Crippen LogP contribution in [0.25, 0.3) is 5.65 Å². The Bertz CT molecular complexity index is 909. The number of rotatable bonds is 4. The molecule has 1 aliphatic rings. The summed E-state index contributed by atoms with van der Waals surface area (Å²) in [7, 11) is 0. The third kappa shape index (κ3) is 4.28. The van der Waals surface area contributed by atoms with Crippen molar-refractivity contribution in [3.8, 4) is 0 Å². The summed E-state index contributed by atoms with van der Waals surface area (Å²) in [5.41, 5.74) is -0.824. The van der Waals surface area contributed by atoms with Gasteiger partial charge in [-0.25, -0.2) is 9.78 Å². The van der Waals surface area contributed by atoms with Crippen LogP contribution >= 0.6 is 0 Å². The van der Waals surface area contributed by atoms with E-state index in [0.717, 1.165) is 6.20 Å². The van der Waals surface area contributed by atoms with Crippen LogP contribution in [0.2, 0.25) is 0 Å². The van der Waals surface area contributed by atoms with Gasteiger partial charge in [0.1, 0.15) is 23.9 Å². The smallest absolute Gasteiger partial charge is 0.410 e. The van der Waals surface area contributed by atoms with E-state index in [-0.39, 0.29) is 23.5 Å². The number of nitro groups is 1. The van der Waals surface area contributed by atoms with Crippen LogP contribution in [-0.2, 0) is 15.9 Å². The first-order chi connectivity index (χ1) is 13.0. The molecule has 28 heavy (non-hydrogen) atoms. The number of nitrogens with zero attached hydrogens (tertiary/aromatic N) is 5. The minimum Gasteiger partial charge on any atom is -0.610 e. The average Bonchev–Trinajstić information content (AvgIpc) is 3.19. The van der Waals surface area contributed by atoms with E-state index >= 15 is 0 Å². The van der Waals surface area contributed by atoms with E-state index in [0.29, 0.717) is 30.4 Å². The van der Waals surface area contributed by atoms with E-state index in [9.17, 15) is 19.5 Å². The standard InChI is InChI=1S/C16H22N6O5S/c1-16(2,3)27-15(23)20-6-5-10(9-20)18-12-7-13(28(4)26)21-14(19-12)11(8-17-21)22(24)25/h7-8,10H,5-6,9H2,1-4H3,(H,18,19)/t10-,28?/m0/s1. The number of anilines is 1. The molecule has 1 saturated heterocycles. The van der Waals surface area contributed by atoms with Gasteiger partial charge in [-0.05, 0) is 27.2 Å². The molecule has 2 atom stereocenters. The molecule has 0 radical (unpaired) electrons. The Morgan fingerprint density at radius 3 is 2.79 bits per heavy atom. The molecule has 0 saturated carbocycles. The van der Waals surface area contributed by atoms with Crippen molar-refractivity contribution in [3.63, 3.8) is 0 Å². The fraction of sp³-hybridized carbons (Fsp3) is 0.562. The van der Waals surface area contributed by atoms with Crippen LogP contribution in [0.1, 0.15) is 27.2 Å². The van der Waals surface area contributed by atoms with Crippen molar-refractivity contribution in [2.24, 2.45) is 0 Å². The van der Waals surface area contributed by atoms with E-state index in [1.807, 2.05) is 0 Å². The number of amides is 1. The lowest BCUT2D eigenvalue weighted by Gasteiger charge is -2.24. The van der Waals surface area contributed by atoms with Gasteiger partial charge < -0.3 is 19.5 Å². The number of hydrogen-bond acceptors (Lipinski definition) is 8. The lowest BCUT2D eigenvalue weighted by Crippen LogP contribution is -2.36. The summed E-state index contributed by atoms with van der Waals surface area (Å²) in [6.07, 6.45) is 2.83. The SMILES string of the molecule is C[S+]([O-])c1cc(N[C@H]2CCN(C(=O)OC(C)(C)C)C2)nc2c([N+](=O)[O-])cnn12. The molecule has 3 heterocycles. The zero-order valence-corrected chi connectivity index (χ0v) is 16.9. The van der Waals surface area contributed by atoms with Gasteiger partial charge in [0, 0.05) is 30.3 Å². The molecule has 1 amide bonds. The zero-order valence-electron chi connectivity index (χ0n) is 16.0. The molecule has 0 aromatic carbocycles. The Hall–Kier alpha value is -2.60. The van der Waals surface area contributed by atoms with Gasteiger partial charge in [0.25, 0.3) is 5.03 Å². The number of fused-ring (bicyclic) bond motifs is 1. The van der Waals surface area contributed by atoms with Crippen LogP contribution < -0.4 is 5.32 Å². The molecule has 1 N–H and O–H groups in total. The second kappa shape index (κ2) is 7.43. The van der Waals surface area contributed by atoms with Gasteiger partial charge >= 0.3 is 11.8 Å². The molecule has 3 rings (SSSR count). The highest BCUT2D eigenvalue weighted by atomic mass is 32.2. The van der Waals surface area contributed by atoms with Crippen LogP contribution in [-0.4, -0.2) is 66.1 Å². The van der Waals surface area contributed by atoms with Crippen molar-refractivity contribution < 1.29 is 19.0 Å². The van der Waals surface area contributed by atoms with Crippen LogP contribution in [0.5, 0.6) is 0 Å². The topological polar surface area (TPSA) is 138 Å². The zero-order chi connectivity index (χ0) is 20.6. The Labute approximate surface area is 164 Å². The maximum absolute atomic E-state index is 12.2. The maximum Gasteiger partial charge on any atom is 0.410 e. The van der Waals surface area contributed by atoms with Gasteiger partial charge in [0.15, 0.2) is 0 Å². The predicted octanol–water partition coefficient (Wildman–Crippen LogP) is 1.80. The summed E-state index contributed by atoms with van der Waals surface area (Å²) < 4.78 is 18.6. The second-order valence-corrected chi connectivity index (χ2v) is 8.84. The van der Waals surface area contributed by atoms with E-state index in [1.165, 1.54) is 10.8 Å². The van der Waals surface area contributed by atoms with Crippen molar-refractivity contribution >= 4 is 34.4 Å². The highest BCUT2D eigenvalue weighted by molar-refractivity contribution is 7.90. The molecule has 1 unspecified atom stereocenters. The average molecular weight is 410 g/mol. The highest BCUT2D eigenvalue weighted by Gasteiger charge is 2.31. The quantitative estimate of drug-likeness (QED) is 0.348.